The largest absolute Gasteiger partial charge is 0.244 e. The third-order valence-corrected chi connectivity index (χ3v) is 4.08. The Bertz CT molecular complexity index is 467. The van der Waals surface area contributed by atoms with Gasteiger partial charge in [0.2, 0.25) is 15.3 Å². The Balaban J connectivity index is 2.25. The van der Waals surface area contributed by atoms with Crippen LogP contribution < -0.4 is 4.72 Å². The lowest BCUT2D eigenvalue weighted by molar-refractivity contribution is 0.557. The van der Waals surface area contributed by atoms with E-state index in [9.17, 15) is 8.42 Å². The smallest absolute Gasteiger partial charge is 0.225 e. The number of halogens is 1. The van der Waals surface area contributed by atoms with Crippen LogP contribution in [0.1, 0.15) is 19.8 Å². The van der Waals surface area contributed by atoms with E-state index in [1.807, 2.05) is 6.92 Å². The van der Waals surface area contributed by atoms with Crippen LogP contribution in [0.2, 0.25) is 5.28 Å². The third kappa shape index (κ3) is 2.45. The Morgan fingerprint density at radius 3 is 2.40 bits per heavy atom. The molecule has 0 bridgehead atoms. The zero-order valence-corrected chi connectivity index (χ0v) is 9.64. The Labute approximate surface area is 92.9 Å². The van der Waals surface area contributed by atoms with E-state index in [1.165, 1.54) is 12.4 Å². The molecule has 0 aromatic carbocycles. The highest BCUT2D eigenvalue weighted by molar-refractivity contribution is 7.89. The highest BCUT2D eigenvalue weighted by Crippen LogP contribution is 2.35. The second-order valence-corrected chi connectivity index (χ2v) is 5.87. The van der Waals surface area contributed by atoms with Gasteiger partial charge in [-0.3, -0.25) is 0 Å². The highest BCUT2D eigenvalue weighted by Gasteiger charge is 2.41. The third-order valence-electron chi connectivity index (χ3n) is 2.29. The van der Waals surface area contributed by atoms with Gasteiger partial charge in [0, 0.05) is 5.54 Å². The van der Waals surface area contributed by atoms with Crippen LogP contribution >= 0.6 is 11.6 Å². The van der Waals surface area contributed by atoms with E-state index in [0.29, 0.717) is 0 Å². The fourth-order valence-corrected chi connectivity index (χ4v) is 2.56. The minimum Gasteiger partial charge on any atom is -0.225 e. The summed E-state index contributed by atoms with van der Waals surface area (Å²) in [5.41, 5.74) is -0.293. The highest BCUT2D eigenvalue weighted by atomic mass is 35.5. The van der Waals surface area contributed by atoms with E-state index in [4.69, 9.17) is 11.6 Å². The summed E-state index contributed by atoms with van der Waals surface area (Å²) in [7, 11) is -3.51. The fourth-order valence-electron chi connectivity index (χ4n) is 1.11. The molecule has 5 nitrogen and oxygen atoms in total. The number of sulfonamides is 1. The number of nitrogens with zero attached hydrogens (tertiary/aromatic N) is 2. The van der Waals surface area contributed by atoms with Gasteiger partial charge in [-0.1, -0.05) is 0 Å². The minimum absolute atomic E-state index is 0.0339. The summed E-state index contributed by atoms with van der Waals surface area (Å²) in [6.45, 7) is 1.86. The van der Waals surface area contributed by atoms with Gasteiger partial charge in [-0.05, 0) is 31.4 Å². The van der Waals surface area contributed by atoms with Crippen LogP contribution in [0.5, 0.6) is 0 Å². The molecule has 2 rings (SSSR count). The predicted octanol–water partition coefficient (Wildman–Crippen LogP) is 0.961. The van der Waals surface area contributed by atoms with Crippen molar-refractivity contribution in [1.29, 1.82) is 0 Å². The van der Waals surface area contributed by atoms with Crippen molar-refractivity contribution in [3.63, 3.8) is 0 Å². The summed E-state index contributed by atoms with van der Waals surface area (Å²) in [5.74, 6) is 0. The molecule has 0 spiro atoms. The van der Waals surface area contributed by atoms with Crippen molar-refractivity contribution in [3.8, 4) is 0 Å². The van der Waals surface area contributed by atoms with Gasteiger partial charge in [-0.2, -0.15) is 0 Å². The molecule has 7 heteroatoms. The van der Waals surface area contributed by atoms with Gasteiger partial charge in [0.25, 0.3) is 0 Å². The molecule has 0 atom stereocenters. The molecule has 0 amide bonds. The van der Waals surface area contributed by atoms with Crippen LogP contribution in [-0.2, 0) is 10.0 Å². The molecular weight excluding hydrogens is 238 g/mol. The molecule has 1 saturated carbocycles. The molecule has 1 heterocycles. The SMILES string of the molecule is CC1(NS(=O)(=O)c2cnc(Cl)nc2)CC1. The van der Waals surface area contributed by atoms with E-state index in [0.717, 1.165) is 12.8 Å². The summed E-state index contributed by atoms with van der Waals surface area (Å²) in [5, 5.41) is 0.0339. The normalized spacial score (nSPS) is 18.8. The van der Waals surface area contributed by atoms with E-state index in [-0.39, 0.29) is 15.7 Å². The molecule has 82 valence electrons. The first-order valence-electron chi connectivity index (χ1n) is 4.43. The summed E-state index contributed by atoms with van der Waals surface area (Å²) in [4.78, 5) is 7.30. The molecule has 1 aliphatic carbocycles. The quantitative estimate of drug-likeness (QED) is 0.808. The average Bonchev–Trinajstić information content (AvgIpc) is 2.82. The molecule has 1 aliphatic rings. The van der Waals surface area contributed by atoms with Crippen molar-refractivity contribution in [3.05, 3.63) is 17.7 Å². The summed E-state index contributed by atoms with van der Waals surface area (Å²) >= 11 is 5.47. The van der Waals surface area contributed by atoms with Crippen molar-refractivity contribution >= 4 is 21.6 Å². The monoisotopic (exact) mass is 247 g/mol. The topological polar surface area (TPSA) is 72.0 Å². The van der Waals surface area contributed by atoms with E-state index >= 15 is 0 Å². The number of hydrogen-bond acceptors (Lipinski definition) is 4. The molecule has 1 aromatic rings. The van der Waals surface area contributed by atoms with Crippen molar-refractivity contribution in [2.75, 3.05) is 0 Å². The summed E-state index contributed by atoms with van der Waals surface area (Å²) in [6.07, 6.45) is 4.12. The number of rotatable bonds is 3. The second kappa shape index (κ2) is 3.40. The molecule has 0 saturated heterocycles. The lowest BCUT2D eigenvalue weighted by Crippen LogP contribution is -2.34. The number of aromatic nitrogens is 2. The standard InChI is InChI=1S/C8H10ClN3O2S/c1-8(2-3-8)12-15(13,14)6-4-10-7(9)11-5-6/h4-5,12H,2-3H2,1H3. The van der Waals surface area contributed by atoms with Gasteiger partial charge < -0.3 is 0 Å². The average molecular weight is 248 g/mol. The lowest BCUT2D eigenvalue weighted by atomic mass is 10.4. The number of hydrogen-bond donors (Lipinski definition) is 1. The van der Waals surface area contributed by atoms with Gasteiger partial charge >= 0.3 is 0 Å². The first-order valence-corrected chi connectivity index (χ1v) is 6.29. The van der Waals surface area contributed by atoms with E-state index in [1.54, 1.807) is 0 Å². The molecule has 1 N–H and O–H groups in total. The Morgan fingerprint density at radius 2 is 1.93 bits per heavy atom. The maximum Gasteiger partial charge on any atom is 0.244 e. The maximum absolute atomic E-state index is 11.8. The van der Waals surface area contributed by atoms with Crippen LogP contribution in [0.15, 0.2) is 17.3 Å². The van der Waals surface area contributed by atoms with Gasteiger partial charge in [-0.15, -0.1) is 0 Å². The summed E-state index contributed by atoms with van der Waals surface area (Å²) < 4.78 is 26.1. The van der Waals surface area contributed by atoms with Crippen molar-refractivity contribution in [2.24, 2.45) is 0 Å². The van der Waals surface area contributed by atoms with Crippen LogP contribution in [-0.4, -0.2) is 23.9 Å². The van der Waals surface area contributed by atoms with Gasteiger partial charge in [-0.25, -0.2) is 23.1 Å². The van der Waals surface area contributed by atoms with Crippen molar-refractivity contribution < 1.29 is 8.42 Å². The van der Waals surface area contributed by atoms with Crippen LogP contribution in [0, 0.1) is 0 Å². The Morgan fingerprint density at radius 1 is 1.40 bits per heavy atom. The molecule has 15 heavy (non-hydrogen) atoms. The lowest BCUT2D eigenvalue weighted by Gasteiger charge is -2.11. The van der Waals surface area contributed by atoms with Gasteiger partial charge in [0.1, 0.15) is 4.90 Å². The molecule has 0 radical (unpaired) electrons. The first kappa shape index (κ1) is 10.8. The second-order valence-electron chi connectivity index (χ2n) is 3.85. The van der Waals surface area contributed by atoms with E-state index in [2.05, 4.69) is 14.7 Å². The van der Waals surface area contributed by atoms with Gasteiger partial charge in [0.05, 0.1) is 12.4 Å². The fraction of sp³-hybridized carbons (Fsp3) is 0.500. The van der Waals surface area contributed by atoms with Crippen LogP contribution in [0.4, 0.5) is 0 Å². The van der Waals surface area contributed by atoms with E-state index < -0.39 is 10.0 Å². The zero-order valence-electron chi connectivity index (χ0n) is 8.07. The molecule has 0 unspecified atom stereocenters. The Kier molecular flexibility index (Phi) is 2.44. The summed E-state index contributed by atoms with van der Waals surface area (Å²) in [6, 6.07) is 0. The molecule has 0 aliphatic heterocycles. The maximum atomic E-state index is 11.8. The van der Waals surface area contributed by atoms with Crippen LogP contribution in [0.3, 0.4) is 0 Å². The van der Waals surface area contributed by atoms with Gasteiger partial charge in [0.15, 0.2) is 0 Å². The number of nitrogens with one attached hydrogen (secondary N) is 1. The Hall–Kier alpha value is -0.720. The molecular formula is C8H10ClN3O2S. The predicted molar refractivity (Wildman–Crippen MR) is 55.0 cm³/mol. The first-order chi connectivity index (χ1) is 6.91. The zero-order chi connectivity index (χ0) is 11.1. The van der Waals surface area contributed by atoms with Crippen molar-refractivity contribution in [1.82, 2.24) is 14.7 Å². The minimum atomic E-state index is -3.51. The van der Waals surface area contributed by atoms with Crippen molar-refractivity contribution in [2.45, 2.75) is 30.2 Å². The van der Waals surface area contributed by atoms with Crippen LogP contribution in [0.25, 0.3) is 0 Å². The molecule has 1 aromatic heterocycles. The molecule has 1 fully saturated rings.